The van der Waals surface area contributed by atoms with Crippen molar-refractivity contribution in [1.29, 1.82) is 0 Å². The van der Waals surface area contributed by atoms with Crippen LogP contribution in [0.1, 0.15) is 22.9 Å². The lowest BCUT2D eigenvalue weighted by atomic mass is 9.72. The molecule has 1 fully saturated rings. The molecule has 1 saturated heterocycles. The molecule has 3 heterocycles. The van der Waals surface area contributed by atoms with E-state index < -0.39 is 17.8 Å². The molecule has 0 bridgehead atoms. The third-order valence-electron chi connectivity index (χ3n) is 5.14. The van der Waals surface area contributed by atoms with Gasteiger partial charge in [0.05, 0.1) is 24.6 Å². The third-order valence-corrected chi connectivity index (χ3v) is 5.14. The minimum Gasteiger partial charge on any atom is -0.481 e. The van der Waals surface area contributed by atoms with Gasteiger partial charge in [0.15, 0.2) is 0 Å². The number of furan rings is 1. The SMILES string of the molecule is Cn1ccc2c1CC1CN(Cc3ccco3)C(=O)C1C2C(=O)O. The van der Waals surface area contributed by atoms with Crippen LogP contribution in [0, 0.1) is 11.8 Å². The first kappa shape index (κ1) is 14.1. The lowest BCUT2D eigenvalue weighted by Crippen LogP contribution is -2.36. The number of carboxylic acid groups (broad SMARTS) is 1. The Labute approximate surface area is 133 Å². The number of amides is 1. The molecule has 0 spiro atoms. The van der Waals surface area contributed by atoms with E-state index in [2.05, 4.69) is 0 Å². The third kappa shape index (κ3) is 2.09. The average molecular weight is 314 g/mol. The first-order chi connectivity index (χ1) is 11.1. The van der Waals surface area contributed by atoms with Crippen LogP contribution < -0.4 is 0 Å². The molecule has 4 rings (SSSR count). The van der Waals surface area contributed by atoms with Gasteiger partial charge in [0.25, 0.3) is 0 Å². The molecule has 1 amide bonds. The number of hydrogen-bond donors (Lipinski definition) is 1. The van der Waals surface area contributed by atoms with Crippen molar-refractivity contribution in [3.8, 4) is 0 Å². The van der Waals surface area contributed by atoms with Gasteiger partial charge in [0, 0.05) is 25.5 Å². The van der Waals surface area contributed by atoms with Gasteiger partial charge in [-0.2, -0.15) is 0 Å². The van der Waals surface area contributed by atoms with Gasteiger partial charge in [-0.1, -0.05) is 0 Å². The quantitative estimate of drug-likeness (QED) is 0.934. The molecule has 2 aromatic heterocycles. The molecule has 0 radical (unpaired) electrons. The molecule has 3 atom stereocenters. The first-order valence-electron chi connectivity index (χ1n) is 7.74. The Morgan fingerprint density at radius 2 is 2.26 bits per heavy atom. The van der Waals surface area contributed by atoms with Crippen LogP contribution >= 0.6 is 0 Å². The Hall–Kier alpha value is -2.50. The molecule has 23 heavy (non-hydrogen) atoms. The van der Waals surface area contributed by atoms with Gasteiger partial charge in [-0.15, -0.1) is 0 Å². The molecule has 6 nitrogen and oxygen atoms in total. The second-order valence-electron chi connectivity index (χ2n) is 6.43. The number of carbonyl (C=O) groups is 2. The van der Waals surface area contributed by atoms with Gasteiger partial charge in [-0.05, 0) is 36.1 Å². The largest absolute Gasteiger partial charge is 0.481 e. The van der Waals surface area contributed by atoms with Crippen molar-refractivity contribution in [2.24, 2.45) is 18.9 Å². The summed E-state index contributed by atoms with van der Waals surface area (Å²) in [7, 11) is 1.93. The molecule has 2 aliphatic rings. The Morgan fingerprint density at radius 1 is 1.43 bits per heavy atom. The Kier molecular flexibility index (Phi) is 3.07. The zero-order chi connectivity index (χ0) is 16.1. The minimum atomic E-state index is -0.916. The van der Waals surface area contributed by atoms with Crippen LogP contribution in [0.3, 0.4) is 0 Å². The molecule has 1 N–H and O–H groups in total. The molecular weight excluding hydrogens is 296 g/mol. The highest BCUT2D eigenvalue weighted by Gasteiger charge is 2.51. The number of aliphatic carboxylic acids is 1. The standard InChI is InChI=1S/C17H18N2O4/c1-18-5-4-12-13(18)7-10-8-19(9-11-3-2-6-23-11)16(20)14(10)15(12)17(21)22/h2-6,10,14-15H,7-9H2,1H3,(H,21,22). The number of nitrogens with zero attached hydrogens (tertiary/aromatic N) is 2. The topological polar surface area (TPSA) is 75.7 Å². The van der Waals surface area contributed by atoms with Gasteiger partial charge < -0.3 is 19.0 Å². The molecule has 1 aliphatic carbocycles. The number of aryl methyl sites for hydroxylation is 1. The lowest BCUT2D eigenvalue weighted by Gasteiger charge is -2.29. The van der Waals surface area contributed by atoms with Gasteiger partial charge in [-0.3, -0.25) is 9.59 Å². The first-order valence-corrected chi connectivity index (χ1v) is 7.74. The van der Waals surface area contributed by atoms with E-state index in [1.54, 1.807) is 17.2 Å². The summed E-state index contributed by atoms with van der Waals surface area (Å²) in [5, 5.41) is 9.70. The van der Waals surface area contributed by atoms with E-state index in [1.165, 1.54) is 0 Å². The van der Waals surface area contributed by atoms with E-state index in [4.69, 9.17) is 4.42 Å². The highest BCUT2D eigenvalue weighted by Crippen LogP contribution is 2.45. The molecule has 6 heteroatoms. The molecular formula is C17H18N2O4. The number of rotatable bonds is 3. The van der Waals surface area contributed by atoms with E-state index in [9.17, 15) is 14.7 Å². The van der Waals surface area contributed by atoms with Crippen LogP contribution in [-0.4, -0.2) is 33.0 Å². The molecule has 1 aliphatic heterocycles. The number of fused-ring (bicyclic) bond motifs is 2. The highest BCUT2D eigenvalue weighted by molar-refractivity contribution is 5.90. The van der Waals surface area contributed by atoms with E-state index in [1.807, 2.05) is 29.9 Å². The van der Waals surface area contributed by atoms with Gasteiger partial charge >= 0.3 is 5.97 Å². The fraction of sp³-hybridized carbons (Fsp3) is 0.412. The number of aromatic nitrogens is 1. The van der Waals surface area contributed by atoms with E-state index in [0.29, 0.717) is 13.1 Å². The fourth-order valence-electron chi connectivity index (χ4n) is 4.09. The summed E-state index contributed by atoms with van der Waals surface area (Å²) < 4.78 is 7.30. The van der Waals surface area contributed by atoms with Crippen LogP contribution in [0.4, 0.5) is 0 Å². The summed E-state index contributed by atoms with van der Waals surface area (Å²) in [5.74, 6) is -1.45. The summed E-state index contributed by atoms with van der Waals surface area (Å²) in [6, 6.07) is 5.46. The highest BCUT2D eigenvalue weighted by atomic mass is 16.4. The minimum absolute atomic E-state index is 0.0414. The molecule has 120 valence electrons. The van der Waals surface area contributed by atoms with Crippen molar-refractivity contribution in [1.82, 2.24) is 9.47 Å². The van der Waals surface area contributed by atoms with Crippen LogP contribution in [0.5, 0.6) is 0 Å². The van der Waals surface area contributed by atoms with Crippen molar-refractivity contribution >= 4 is 11.9 Å². The van der Waals surface area contributed by atoms with Gasteiger partial charge in [0.1, 0.15) is 5.76 Å². The van der Waals surface area contributed by atoms with E-state index in [0.717, 1.165) is 23.4 Å². The summed E-state index contributed by atoms with van der Waals surface area (Å²) in [5.41, 5.74) is 1.82. The van der Waals surface area contributed by atoms with E-state index in [-0.39, 0.29) is 11.8 Å². The molecule has 3 unspecified atom stereocenters. The zero-order valence-electron chi connectivity index (χ0n) is 12.8. The summed E-state index contributed by atoms with van der Waals surface area (Å²) in [6.07, 6.45) is 4.21. The predicted octanol–water partition coefficient (Wildman–Crippen LogP) is 1.62. The normalized spacial score (nSPS) is 26.2. The number of carboxylic acids is 1. The van der Waals surface area contributed by atoms with Crippen molar-refractivity contribution in [3.63, 3.8) is 0 Å². The average Bonchev–Trinajstić information content (AvgIpc) is 3.21. The maximum absolute atomic E-state index is 12.8. The van der Waals surface area contributed by atoms with Crippen LogP contribution in [0.2, 0.25) is 0 Å². The smallest absolute Gasteiger partial charge is 0.311 e. The monoisotopic (exact) mass is 314 g/mol. The lowest BCUT2D eigenvalue weighted by molar-refractivity contribution is -0.145. The van der Waals surface area contributed by atoms with Crippen LogP contribution in [0.15, 0.2) is 35.1 Å². The predicted molar refractivity (Wildman–Crippen MR) is 80.6 cm³/mol. The molecule has 0 aromatic carbocycles. The molecule has 0 saturated carbocycles. The maximum Gasteiger partial charge on any atom is 0.311 e. The van der Waals surface area contributed by atoms with Crippen molar-refractivity contribution in [2.45, 2.75) is 18.9 Å². The zero-order valence-corrected chi connectivity index (χ0v) is 12.8. The maximum atomic E-state index is 12.8. The number of carbonyl (C=O) groups excluding carboxylic acids is 1. The van der Waals surface area contributed by atoms with Crippen LogP contribution in [-0.2, 0) is 29.6 Å². The Bertz CT molecular complexity index is 762. The molecule has 2 aromatic rings. The summed E-state index contributed by atoms with van der Waals surface area (Å²) >= 11 is 0. The Morgan fingerprint density at radius 3 is 2.96 bits per heavy atom. The van der Waals surface area contributed by atoms with Crippen molar-refractivity contribution in [3.05, 3.63) is 47.7 Å². The fourth-order valence-corrected chi connectivity index (χ4v) is 4.09. The van der Waals surface area contributed by atoms with Crippen LogP contribution in [0.25, 0.3) is 0 Å². The summed E-state index contributed by atoms with van der Waals surface area (Å²) in [4.78, 5) is 26.4. The van der Waals surface area contributed by atoms with Crippen molar-refractivity contribution in [2.75, 3.05) is 6.54 Å². The Balaban J connectivity index is 1.67. The number of likely N-dealkylation sites (tertiary alicyclic amines) is 1. The van der Waals surface area contributed by atoms with E-state index >= 15 is 0 Å². The number of hydrogen-bond acceptors (Lipinski definition) is 3. The summed E-state index contributed by atoms with van der Waals surface area (Å²) in [6.45, 7) is 0.986. The second-order valence-corrected chi connectivity index (χ2v) is 6.43. The van der Waals surface area contributed by atoms with Gasteiger partial charge in [0.2, 0.25) is 5.91 Å². The van der Waals surface area contributed by atoms with Crippen molar-refractivity contribution < 1.29 is 19.1 Å². The van der Waals surface area contributed by atoms with Gasteiger partial charge in [-0.25, -0.2) is 0 Å². The second kappa shape index (κ2) is 5.01.